The quantitative estimate of drug-likeness (QED) is 0.295. The molecule has 0 aromatic carbocycles. The summed E-state index contributed by atoms with van der Waals surface area (Å²) in [5, 5.41) is 18.3. The average Bonchev–Trinajstić information content (AvgIpc) is 2.40. The summed E-state index contributed by atoms with van der Waals surface area (Å²) < 4.78 is 4.93. The van der Waals surface area contributed by atoms with Crippen molar-refractivity contribution in [1.82, 2.24) is 5.32 Å². The molecule has 0 radical (unpaired) electrons. The maximum Gasteiger partial charge on any atom is 0.328 e. The van der Waals surface area contributed by atoms with Gasteiger partial charge in [0.15, 0.2) is 17.7 Å². The predicted octanol–water partition coefficient (Wildman–Crippen LogP) is -0.628. The number of esters is 1. The monoisotopic (exact) mass is 300 g/mol. The lowest BCUT2D eigenvalue weighted by Crippen LogP contribution is -2.48. The van der Waals surface area contributed by atoms with E-state index in [1.807, 2.05) is 0 Å². The van der Waals surface area contributed by atoms with E-state index in [2.05, 4.69) is 5.32 Å². The number of rotatable bonds is 9. The van der Waals surface area contributed by atoms with Crippen LogP contribution in [0, 0.1) is 5.41 Å². The number of hydrogen-bond donors (Lipinski definition) is 3. The van der Waals surface area contributed by atoms with E-state index >= 15 is 0 Å². The van der Waals surface area contributed by atoms with Crippen molar-refractivity contribution in [2.45, 2.75) is 51.9 Å². The molecule has 21 heavy (non-hydrogen) atoms. The molecule has 2 atom stereocenters. The van der Waals surface area contributed by atoms with E-state index in [9.17, 15) is 24.3 Å². The third kappa shape index (κ3) is 7.31. The molecular weight excluding hydrogens is 280 g/mol. The van der Waals surface area contributed by atoms with Crippen LogP contribution in [0.4, 0.5) is 0 Å². The largest absolute Gasteiger partial charge is 0.461 e. The molecule has 8 nitrogen and oxygen atoms in total. The topological polar surface area (TPSA) is 134 Å². The molecule has 3 N–H and O–H groups in total. The summed E-state index contributed by atoms with van der Waals surface area (Å²) in [7, 11) is 0. The first-order chi connectivity index (χ1) is 9.68. The molecule has 118 valence electrons. The lowest BCUT2D eigenvalue weighted by molar-refractivity contribution is -0.153. The minimum absolute atomic E-state index is 0.0872. The molecule has 0 aromatic heterocycles. The van der Waals surface area contributed by atoms with Crippen molar-refractivity contribution < 1.29 is 29.0 Å². The van der Waals surface area contributed by atoms with Crippen LogP contribution in [-0.2, 0) is 23.9 Å². The van der Waals surface area contributed by atoms with E-state index in [4.69, 9.17) is 10.1 Å². The Morgan fingerprint density at radius 2 is 1.86 bits per heavy atom. The molecule has 0 heterocycles. The number of hydrogen-bond acceptors (Lipinski definition) is 7. The number of aliphatic hydroxyl groups is 1. The van der Waals surface area contributed by atoms with Gasteiger partial charge in [0.2, 0.25) is 0 Å². The van der Waals surface area contributed by atoms with Crippen LogP contribution < -0.4 is 5.32 Å². The standard InChI is InChI=1S/C13H20N2O6/c1-7(2)21-13(20)10(5-4-9(17)6-14)15-12(19)11(18)8(3)16/h6-7,10-11,14,18H,4-5H2,1-3H3,(H,15,19)/t10-,11-/m0/s1. The van der Waals surface area contributed by atoms with Crippen molar-refractivity contribution in [3.8, 4) is 0 Å². The van der Waals surface area contributed by atoms with E-state index in [0.29, 0.717) is 6.21 Å². The van der Waals surface area contributed by atoms with Crippen LogP contribution in [0.15, 0.2) is 0 Å². The summed E-state index contributed by atoms with van der Waals surface area (Å²) in [6.45, 7) is 4.26. The van der Waals surface area contributed by atoms with E-state index < -0.39 is 41.7 Å². The lowest BCUT2D eigenvalue weighted by atomic mass is 10.1. The molecule has 0 aliphatic rings. The van der Waals surface area contributed by atoms with Gasteiger partial charge in [0.25, 0.3) is 5.91 Å². The van der Waals surface area contributed by atoms with Crippen LogP contribution in [0.2, 0.25) is 0 Å². The second-order valence-corrected chi connectivity index (χ2v) is 4.71. The number of carbonyl (C=O) groups is 4. The van der Waals surface area contributed by atoms with Crippen LogP contribution in [0.3, 0.4) is 0 Å². The SMILES string of the molecule is CC(=O)[C@H](O)C(=O)N[C@@H](CCC(=O)C=N)C(=O)OC(C)C. The van der Waals surface area contributed by atoms with Crippen molar-refractivity contribution in [1.29, 1.82) is 5.41 Å². The fraction of sp³-hybridized carbons (Fsp3) is 0.615. The van der Waals surface area contributed by atoms with Crippen molar-refractivity contribution in [2.75, 3.05) is 0 Å². The van der Waals surface area contributed by atoms with Crippen LogP contribution >= 0.6 is 0 Å². The smallest absolute Gasteiger partial charge is 0.328 e. The average molecular weight is 300 g/mol. The highest BCUT2D eigenvalue weighted by molar-refractivity contribution is 6.26. The Labute approximate surface area is 122 Å². The van der Waals surface area contributed by atoms with Crippen LogP contribution in [0.25, 0.3) is 0 Å². The highest BCUT2D eigenvalue weighted by atomic mass is 16.5. The number of amides is 1. The molecule has 0 aliphatic carbocycles. The van der Waals surface area contributed by atoms with Gasteiger partial charge in [0.1, 0.15) is 6.04 Å². The van der Waals surface area contributed by atoms with Gasteiger partial charge in [-0.15, -0.1) is 0 Å². The minimum atomic E-state index is -1.88. The number of ether oxygens (including phenoxy) is 1. The third-order valence-electron chi connectivity index (χ3n) is 2.43. The third-order valence-corrected chi connectivity index (χ3v) is 2.43. The fourth-order valence-corrected chi connectivity index (χ4v) is 1.36. The van der Waals surface area contributed by atoms with Crippen LogP contribution in [0.1, 0.15) is 33.6 Å². The van der Waals surface area contributed by atoms with Gasteiger partial charge in [0.05, 0.1) is 12.3 Å². The molecule has 0 saturated heterocycles. The molecule has 8 heteroatoms. The summed E-state index contributed by atoms with van der Waals surface area (Å²) in [5.74, 6) is -3.08. The number of ketones is 2. The van der Waals surface area contributed by atoms with Gasteiger partial charge in [-0.2, -0.15) is 0 Å². The maximum absolute atomic E-state index is 11.8. The van der Waals surface area contributed by atoms with Crippen molar-refractivity contribution in [2.24, 2.45) is 0 Å². The zero-order chi connectivity index (χ0) is 16.6. The normalized spacial score (nSPS) is 13.2. The Kier molecular flexibility index (Phi) is 8.07. The molecule has 0 aromatic rings. The molecule has 0 rings (SSSR count). The van der Waals surface area contributed by atoms with Gasteiger partial charge in [-0.1, -0.05) is 0 Å². The highest BCUT2D eigenvalue weighted by Crippen LogP contribution is 2.04. The number of nitrogens with one attached hydrogen (secondary N) is 2. The molecule has 0 fully saturated rings. The highest BCUT2D eigenvalue weighted by Gasteiger charge is 2.28. The molecule has 0 aliphatic heterocycles. The van der Waals surface area contributed by atoms with E-state index in [1.54, 1.807) is 13.8 Å². The number of aliphatic hydroxyl groups excluding tert-OH is 1. The first kappa shape index (κ1) is 18.9. The molecule has 0 unspecified atom stereocenters. The Bertz CT molecular complexity index is 432. The second kappa shape index (κ2) is 8.96. The summed E-state index contributed by atoms with van der Waals surface area (Å²) in [6, 6.07) is -1.17. The van der Waals surface area contributed by atoms with E-state index in [-0.39, 0.29) is 12.8 Å². The van der Waals surface area contributed by atoms with Gasteiger partial charge < -0.3 is 20.6 Å². The lowest BCUT2D eigenvalue weighted by Gasteiger charge is -2.19. The van der Waals surface area contributed by atoms with E-state index in [1.165, 1.54) is 0 Å². The Morgan fingerprint density at radius 1 is 1.29 bits per heavy atom. The Morgan fingerprint density at radius 3 is 2.29 bits per heavy atom. The number of Topliss-reactive ketones (excluding diaryl/α,β-unsaturated/α-hetero) is 2. The molecule has 0 spiro atoms. The second-order valence-electron chi connectivity index (χ2n) is 4.71. The summed E-state index contributed by atoms with van der Waals surface area (Å²) in [5.41, 5.74) is 0. The van der Waals surface area contributed by atoms with Gasteiger partial charge >= 0.3 is 5.97 Å². The minimum Gasteiger partial charge on any atom is -0.461 e. The molecule has 0 bridgehead atoms. The zero-order valence-corrected chi connectivity index (χ0v) is 12.2. The molecule has 0 saturated carbocycles. The van der Waals surface area contributed by atoms with Gasteiger partial charge in [-0.05, 0) is 27.2 Å². The Balaban J connectivity index is 4.82. The van der Waals surface area contributed by atoms with Crippen molar-refractivity contribution in [3.05, 3.63) is 0 Å². The molecule has 1 amide bonds. The fourth-order valence-electron chi connectivity index (χ4n) is 1.36. The summed E-state index contributed by atoms with van der Waals surface area (Å²) in [4.78, 5) is 45.4. The summed E-state index contributed by atoms with van der Waals surface area (Å²) in [6.07, 6.45) is -1.92. The van der Waals surface area contributed by atoms with Gasteiger partial charge in [0, 0.05) is 6.42 Å². The first-order valence-corrected chi connectivity index (χ1v) is 6.41. The Hall–Kier alpha value is -2.09. The van der Waals surface area contributed by atoms with Crippen molar-refractivity contribution in [3.63, 3.8) is 0 Å². The van der Waals surface area contributed by atoms with E-state index in [0.717, 1.165) is 6.92 Å². The molecular formula is C13H20N2O6. The predicted molar refractivity (Wildman–Crippen MR) is 72.9 cm³/mol. The van der Waals surface area contributed by atoms with Crippen LogP contribution in [-0.4, -0.2) is 53.0 Å². The summed E-state index contributed by atoms with van der Waals surface area (Å²) >= 11 is 0. The zero-order valence-electron chi connectivity index (χ0n) is 12.2. The van der Waals surface area contributed by atoms with Crippen LogP contribution in [0.5, 0.6) is 0 Å². The number of carbonyl (C=O) groups excluding carboxylic acids is 4. The van der Waals surface area contributed by atoms with Gasteiger partial charge in [-0.3, -0.25) is 14.4 Å². The van der Waals surface area contributed by atoms with Crippen molar-refractivity contribution >= 4 is 29.7 Å². The maximum atomic E-state index is 11.8. The van der Waals surface area contributed by atoms with Gasteiger partial charge in [-0.25, -0.2) is 4.79 Å². The first-order valence-electron chi connectivity index (χ1n) is 6.41.